The summed E-state index contributed by atoms with van der Waals surface area (Å²) < 4.78 is 39.7. The molecule has 1 heterocycles. The van der Waals surface area contributed by atoms with Crippen LogP contribution in [0, 0.1) is 0 Å². The molecule has 0 spiro atoms. The zero-order chi connectivity index (χ0) is 21.0. The molecule has 3 N–H and O–H groups in total. The van der Waals surface area contributed by atoms with Crippen LogP contribution in [0.5, 0.6) is 0 Å². The van der Waals surface area contributed by atoms with E-state index in [4.69, 9.17) is 5.73 Å². The average Bonchev–Trinajstić information content (AvgIpc) is 3.07. The van der Waals surface area contributed by atoms with E-state index >= 15 is 0 Å². The molecule has 0 unspecified atom stereocenters. The minimum Gasteiger partial charge on any atom is -0.372 e. The number of nitrogens with zero attached hydrogens (tertiary/aromatic N) is 1. The molecule has 3 rings (SSSR count). The molecule has 0 saturated heterocycles. The van der Waals surface area contributed by atoms with E-state index in [2.05, 4.69) is 35.9 Å². The van der Waals surface area contributed by atoms with E-state index in [9.17, 15) is 13.2 Å². The van der Waals surface area contributed by atoms with Crippen LogP contribution in [0.1, 0.15) is 37.8 Å². The molecule has 3 aromatic rings. The second-order valence-electron chi connectivity index (χ2n) is 7.20. The van der Waals surface area contributed by atoms with Crippen LogP contribution in [-0.4, -0.2) is 24.6 Å². The molecule has 3 nitrogen and oxygen atoms in total. The predicted octanol–water partition coefficient (Wildman–Crippen LogP) is 5.98. The van der Waals surface area contributed by atoms with E-state index in [0.29, 0.717) is 18.4 Å². The highest BCUT2D eigenvalue weighted by Gasteiger charge is 2.31. The molecule has 2 aromatic carbocycles. The van der Waals surface area contributed by atoms with Crippen molar-refractivity contribution in [3.8, 4) is 11.3 Å². The number of unbranched alkanes of at least 4 members (excludes halogenated alkanes) is 1. The number of nitrogens with two attached hydrogens (primary N) is 1. The molecule has 0 saturated carbocycles. The average molecular weight is 403 g/mol. The summed E-state index contributed by atoms with van der Waals surface area (Å²) in [5.74, 6) is 0. The van der Waals surface area contributed by atoms with Crippen LogP contribution in [0.3, 0.4) is 0 Å². The number of H-pyrrole nitrogens is 1. The van der Waals surface area contributed by atoms with E-state index in [1.54, 1.807) is 0 Å². The van der Waals surface area contributed by atoms with Crippen molar-refractivity contribution >= 4 is 16.6 Å². The number of anilines is 1. The Hall–Kier alpha value is -2.47. The van der Waals surface area contributed by atoms with Gasteiger partial charge in [0.15, 0.2) is 0 Å². The molecule has 0 fully saturated rings. The normalized spacial score (nSPS) is 11.9. The fraction of sp³-hybridized carbons (Fsp3) is 0.391. The van der Waals surface area contributed by atoms with Gasteiger partial charge < -0.3 is 15.6 Å². The Morgan fingerprint density at radius 3 is 2.24 bits per heavy atom. The highest BCUT2D eigenvalue weighted by atomic mass is 19.4. The lowest BCUT2D eigenvalue weighted by molar-refractivity contribution is -0.137. The van der Waals surface area contributed by atoms with Crippen LogP contribution in [0.4, 0.5) is 18.9 Å². The predicted molar refractivity (Wildman–Crippen MR) is 114 cm³/mol. The quantitative estimate of drug-likeness (QED) is 0.454. The second-order valence-corrected chi connectivity index (χ2v) is 7.20. The number of aromatic nitrogens is 1. The summed E-state index contributed by atoms with van der Waals surface area (Å²) in [6.45, 7) is 6.65. The van der Waals surface area contributed by atoms with Crippen LogP contribution >= 0.6 is 0 Å². The van der Waals surface area contributed by atoms with E-state index < -0.39 is 11.7 Å². The lowest BCUT2D eigenvalue weighted by Crippen LogP contribution is -2.21. The van der Waals surface area contributed by atoms with E-state index in [0.717, 1.165) is 60.0 Å². The smallest absolute Gasteiger partial charge is 0.372 e. The Morgan fingerprint density at radius 1 is 0.966 bits per heavy atom. The van der Waals surface area contributed by atoms with Gasteiger partial charge in [-0.05, 0) is 81.1 Å². The van der Waals surface area contributed by atoms with Gasteiger partial charge in [0.2, 0.25) is 0 Å². The summed E-state index contributed by atoms with van der Waals surface area (Å²) in [4.78, 5) is 5.61. The minimum atomic E-state index is -4.36. The molecule has 0 atom stereocenters. The molecule has 0 amide bonds. The molecule has 0 aliphatic heterocycles. The highest BCUT2D eigenvalue weighted by Crippen LogP contribution is 2.37. The van der Waals surface area contributed by atoms with Gasteiger partial charge in [0, 0.05) is 35.4 Å². The Kier molecular flexibility index (Phi) is 6.52. The third-order valence-electron chi connectivity index (χ3n) is 5.40. The van der Waals surface area contributed by atoms with Gasteiger partial charge in [-0.15, -0.1) is 0 Å². The summed E-state index contributed by atoms with van der Waals surface area (Å²) in [5.41, 5.74) is 9.66. The molecule has 1 aromatic heterocycles. The molecule has 156 valence electrons. The van der Waals surface area contributed by atoms with Crippen LogP contribution in [-0.2, 0) is 12.6 Å². The van der Waals surface area contributed by atoms with Gasteiger partial charge in [-0.3, -0.25) is 0 Å². The van der Waals surface area contributed by atoms with Gasteiger partial charge in [0.1, 0.15) is 0 Å². The molecule has 0 radical (unpaired) electrons. The van der Waals surface area contributed by atoms with Crippen LogP contribution in [0.2, 0.25) is 0 Å². The van der Waals surface area contributed by atoms with Crippen LogP contribution in [0.25, 0.3) is 22.2 Å². The van der Waals surface area contributed by atoms with Crippen molar-refractivity contribution in [1.29, 1.82) is 0 Å². The number of aromatic amines is 1. The third-order valence-corrected chi connectivity index (χ3v) is 5.40. The number of hydrogen-bond donors (Lipinski definition) is 2. The Bertz CT molecular complexity index is 938. The van der Waals surface area contributed by atoms with Crippen molar-refractivity contribution in [3.63, 3.8) is 0 Å². The third kappa shape index (κ3) is 4.58. The maximum Gasteiger partial charge on any atom is 0.416 e. The zero-order valence-corrected chi connectivity index (χ0v) is 16.9. The zero-order valence-electron chi connectivity index (χ0n) is 16.9. The number of nitrogens with one attached hydrogen (secondary N) is 1. The number of rotatable bonds is 8. The van der Waals surface area contributed by atoms with Crippen molar-refractivity contribution in [2.75, 3.05) is 24.5 Å². The topological polar surface area (TPSA) is 45.0 Å². The first kappa shape index (κ1) is 21.2. The van der Waals surface area contributed by atoms with E-state index in [-0.39, 0.29) is 0 Å². The lowest BCUT2D eigenvalue weighted by Gasteiger charge is -2.21. The summed E-state index contributed by atoms with van der Waals surface area (Å²) in [7, 11) is 0. The summed E-state index contributed by atoms with van der Waals surface area (Å²) >= 11 is 0. The Morgan fingerprint density at radius 2 is 1.66 bits per heavy atom. The molecular weight excluding hydrogens is 375 g/mol. The Labute approximate surface area is 169 Å². The number of aryl methyl sites for hydroxylation is 1. The number of fused-ring (bicyclic) bond motifs is 1. The summed E-state index contributed by atoms with van der Waals surface area (Å²) in [5, 5.41) is 0.639. The fourth-order valence-corrected chi connectivity index (χ4v) is 3.80. The highest BCUT2D eigenvalue weighted by molar-refractivity contribution is 5.91. The standard InChI is InChI=1S/C23H28F3N3/c1-3-29(4-2)18-11-8-16(9-12-18)22-19(7-5-6-14-27)20-15-17(23(24,25)26)10-13-21(20)28-22/h8-13,15,28H,3-7,14,27H2,1-2H3. The lowest BCUT2D eigenvalue weighted by atomic mass is 9.99. The largest absolute Gasteiger partial charge is 0.416 e. The minimum absolute atomic E-state index is 0.573. The number of halogens is 3. The molecule has 29 heavy (non-hydrogen) atoms. The Balaban J connectivity index is 2.07. The number of alkyl halides is 3. The first-order valence-electron chi connectivity index (χ1n) is 10.2. The van der Waals surface area contributed by atoms with Gasteiger partial charge in [0.05, 0.1) is 5.56 Å². The van der Waals surface area contributed by atoms with Crippen molar-refractivity contribution in [3.05, 3.63) is 53.6 Å². The van der Waals surface area contributed by atoms with Gasteiger partial charge in [-0.2, -0.15) is 13.2 Å². The van der Waals surface area contributed by atoms with Crippen molar-refractivity contribution < 1.29 is 13.2 Å². The maximum absolute atomic E-state index is 13.2. The fourth-order valence-electron chi connectivity index (χ4n) is 3.80. The SMILES string of the molecule is CCN(CC)c1ccc(-c2[nH]c3ccc(C(F)(F)F)cc3c2CCCCN)cc1. The van der Waals surface area contributed by atoms with Gasteiger partial charge in [0.25, 0.3) is 0 Å². The molecular formula is C23H28F3N3. The van der Waals surface area contributed by atoms with Gasteiger partial charge in [-0.1, -0.05) is 12.1 Å². The van der Waals surface area contributed by atoms with Crippen LogP contribution in [0.15, 0.2) is 42.5 Å². The van der Waals surface area contributed by atoms with Crippen molar-refractivity contribution in [2.24, 2.45) is 5.73 Å². The monoisotopic (exact) mass is 403 g/mol. The molecule has 6 heteroatoms. The second kappa shape index (κ2) is 8.91. The number of benzene rings is 2. The first-order chi connectivity index (χ1) is 13.9. The molecule has 0 aliphatic carbocycles. The summed E-state index contributed by atoms with van der Waals surface area (Å²) in [6, 6.07) is 12.1. The van der Waals surface area contributed by atoms with Crippen molar-refractivity contribution in [1.82, 2.24) is 4.98 Å². The number of hydrogen-bond acceptors (Lipinski definition) is 2. The van der Waals surface area contributed by atoms with Gasteiger partial charge >= 0.3 is 6.18 Å². The van der Waals surface area contributed by atoms with E-state index in [1.165, 1.54) is 12.1 Å². The molecule has 0 bridgehead atoms. The molecule has 0 aliphatic rings. The first-order valence-corrected chi connectivity index (χ1v) is 10.2. The maximum atomic E-state index is 13.2. The van der Waals surface area contributed by atoms with Crippen LogP contribution < -0.4 is 10.6 Å². The van der Waals surface area contributed by atoms with E-state index in [1.807, 2.05) is 12.1 Å². The van der Waals surface area contributed by atoms with Gasteiger partial charge in [-0.25, -0.2) is 0 Å². The van der Waals surface area contributed by atoms with Crippen molar-refractivity contribution in [2.45, 2.75) is 39.3 Å². The summed E-state index contributed by atoms with van der Waals surface area (Å²) in [6.07, 6.45) is -1.99.